The third kappa shape index (κ3) is 9.32. The Kier molecular flexibility index (Phi) is 13.5. The molecule has 0 aliphatic heterocycles. The maximum atomic E-state index is 13.4. The number of rotatable bonds is 12. The molecule has 1 N–H and O–H groups in total. The molecule has 0 spiro atoms. The van der Waals surface area contributed by atoms with Gasteiger partial charge in [-0.25, -0.2) is 4.79 Å². The summed E-state index contributed by atoms with van der Waals surface area (Å²) in [6.07, 6.45) is 10.5. The minimum Gasteiger partial charge on any atom is -0.467 e. The average Bonchev–Trinajstić information content (AvgIpc) is 2.90. The molecule has 5 nitrogen and oxygen atoms in total. The molecule has 0 unspecified atom stereocenters. The first kappa shape index (κ1) is 31.2. The Morgan fingerprint density at radius 3 is 2.49 bits per heavy atom. The van der Waals surface area contributed by atoms with E-state index < -0.39 is 12.0 Å². The van der Waals surface area contributed by atoms with Gasteiger partial charge in [0.1, 0.15) is 6.04 Å². The SMILES string of the molecule is CCCC[C@H](NC(=O)c1ccc(CN(C)CCC2CCCCC2)cc1-c1ccccc1C)C(=O)OC.[Li]. The number of ether oxygens (including phenoxy) is 1. The summed E-state index contributed by atoms with van der Waals surface area (Å²) in [4.78, 5) is 28.1. The largest absolute Gasteiger partial charge is 0.467 e. The number of nitrogens with one attached hydrogen (secondary N) is 1. The molecule has 0 saturated heterocycles. The van der Waals surface area contributed by atoms with E-state index in [0.717, 1.165) is 48.5 Å². The number of hydrogen-bond acceptors (Lipinski definition) is 4. The number of amides is 1. The fraction of sp³-hybridized carbons (Fsp3) is 0.548. The quantitative estimate of drug-likeness (QED) is 0.281. The van der Waals surface area contributed by atoms with Crippen LogP contribution in [0.2, 0.25) is 0 Å². The second-order valence-corrected chi connectivity index (χ2v) is 10.4. The summed E-state index contributed by atoms with van der Waals surface area (Å²) in [5.41, 5.74) is 4.83. The topological polar surface area (TPSA) is 58.6 Å². The molecule has 1 aliphatic rings. The van der Waals surface area contributed by atoms with Crippen molar-refractivity contribution in [3.63, 3.8) is 0 Å². The van der Waals surface area contributed by atoms with Crippen LogP contribution >= 0.6 is 0 Å². The fourth-order valence-corrected chi connectivity index (χ4v) is 5.29. The van der Waals surface area contributed by atoms with Crippen molar-refractivity contribution in [2.24, 2.45) is 5.92 Å². The van der Waals surface area contributed by atoms with Crippen LogP contribution in [0.15, 0.2) is 42.5 Å². The summed E-state index contributed by atoms with van der Waals surface area (Å²) in [6, 6.07) is 13.6. The molecule has 1 radical (unpaired) electrons. The smallest absolute Gasteiger partial charge is 0.328 e. The Balaban J connectivity index is 0.00000481. The maximum absolute atomic E-state index is 13.4. The average molecular weight is 500 g/mol. The van der Waals surface area contributed by atoms with Crippen molar-refractivity contribution in [2.45, 2.75) is 84.2 Å². The minimum atomic E-state index is -0.641. The molecule has 6 heteroatoms. The zero-order valence-corrected chi connectivity index (χ0v) is 23.6. The van der Waals surface area contributed by atoms with Crippen LogP contribution in [0.3, 0.4) is 0 Å². The maximum Gasteiger partial charge on any atom is 0.328 e. The predicted molar refractivity (Wildman–Crippen MR) is 153 cm³/mol. The molecule has 2 aromatic carbocycles. The van der Waals surface area contributed by atoms with Crippen LogP contribution in [-0.4, -0.2) is 62.4 Å². The van der Waals surface area contributed by atoms with E-state index in [0.29, 0.717) is 12.0 Å². The molecule has 1 atom stereocenters. The van der Waals surface area contributed by atoms with E-state index in [1.165, 1.54) is 51.2 Å². The first-order valence-corrected chi connectivity index (χ1v) is 13.7. The standard InChI is InChI=1S/C31H44N2O3.Li/c1-5-6-16-29(31(35)36-4)32-30(34)27-18-17-25(21-28(27)26-15-11-10-12-23(26)2)22-33(3)20-19-24-13-8-7-9-14-24;/h10-12,15,17-18,21,24,29H,5-9,13-14,16,19-20,22H2,1-4H3,(H,32,34);/t29-;/m0./s1. The third-order valence-corrected chi connectivity index (χ3v) is 7.50. The van der Waals surface area contributed by atoms with Crippen molar-refractivity contribution < 1.29 is 14.3 Å². The number of benzene rings is 2. The number of carbonyl (C=O) groups is 2. The third-order valence-electron chi connectivity index (χ3n) is 7.50. The van der Waals surface area contributed by atoms with Gasteiger partial charge in [0.2, 0.25) is 0 Å². The molecule has 1 aliphatic carbocycles. The zero-order chi connectivity index (χ0) is 25.9. The summed E-state index contributed by atoms with van der Waals surface area (Å²) in [6.45, 7) is 6.06. The summed E-state index contributed by atoms with van der Waals surface area (Å²) in [5, 5.41) is 2.94. The number of methoxy groups -OCH3 is 1. The van der Waals surface area contributed by atoms with E-state index in [1.807, 2.05) is 24.3 Å². The second kappa shape index (κ2) is 16.0. The van der Waals surface area contributed by atoms with Crippen LogP contribution in [-0.2, 0) is 16.1 Å². The van der Waals surface area contributed by atoms with Gasteiger partial charge in [0.15, 0.2) is 0 Å². The van der Waals surface area contributed by atoms with Crippen molar-refractivity contribution >= 4 is 30.7 Å². The van der Waals surface area contributed by atoms with Gasteiger partial charge in [-0.15, -0.1) is 0 Å². The Morgan fingerprint density at radius 2 is 1.81 bits per heavy atom. The van der Waals surface area contributed by atoms with Crippen LogP contribution in [0.25, 0.3) is 11.1 Å². The van der Waals surface area contributed by atoms with E-state index in [9.17, 15) is 9.59 Å². The molecule has 3 rings (SSSR count). The first-order chi connectivity index (χ1) is 17.4. The van der Waals surface area contributed by atoms with Crippen molar-refractivity contribution in [1.82, 2.24) is 10.2 Å². The minimum absolute atomic E-state index is 0. The number of unbranched alkanes of at least 4 members (excludes halogenated alkanes) is 1. The van der Waals surface area contributed by atoms with Gasteiger partial charge in [-0.05, 0) is 73.7 Å². The Bertz CT molecular complexity index is 1000. The monoisotopic (exact) mass is 499 g/mol. The van der Waals surface area contributed by atoms with Gasteiger partial charge < -0.3 is 15.0 Å². The van der Waals surface area contributed by atoms with Crippen molar-refractivity contribution in [3.8, 4) is 11.1 Å². The summed E-state index contributed by atoms with van der Waals surface area (Å²) in [7, 11) is 3.55. The molecule has 2 aromatic rings. The van der Waals surface area contributed by atoms with Crippen molar-refractivity contribution in [1.29, 1.82) is 0 Å². The molecule has 1 fully saturated rings. The molecule has 0 aromatic heterocycles. The first-order valence-electron chi connectivity index (χ1n) is 13.7. The van der Waals surface area contributed by atoms with Crippen molar-refractivity contribution in [2.75, 3.05) is 20.7 Å². The van der Waals surface area contributed by atoms with Gasteiger partial charge >= 0.3 is 5.97 Å². The van der Waals surface area contributed by atoms with Gasteiger partial charge in [0, 0.05) is 31.0 Å². The van der Waals surface area contributed by atoms with Crippen LogP contribution in [0.5, 0.6) is 0 Å². The van der Waals surface area contributed by atoms with Gasteiger partial charge in [-0.3, -0.25) is 4.79 Å². The number of carbonyl (C=O) groups excluding carboxylic acids is 2. The normalized spacial score (nSPS) is 14.6. The molecule has 197 valence electrons. The summed E-state index contributed by atoms with van der Waals surface area (Å²) < 4.78 is 4.95. The molecule has 0 heterocycles. The number of hydrogen-bond donors (Lipinski definition) is 1. The summed E-state index contributed by atoms with van der Waals surface area (Å²) in [5.74, 6) is 0.229. The second-order valence-electron chi connectivity index (χ2n) is 10.4. The molecular formula is C31H44LiN2O3. The zero-order valence-electron chi connectivity index (χ0n) is 23.6. The van der Waals surface area contributed by atoms with E-state index in [2.05, 4.69) is 49.3 Å². The fourth-order valence-electron chi connectivity index (χ4n) is 5.29. The predicted octanol–water partition coefficient (Wildman–Crippen LogP) is 6.15. The molecule has 1 amide bonds. The van der Waals surface area contributed by atoms with Crippen LogP contribution in [0.4, 0.5) is 0 Å². The van der Waals surface area contributed by atoms with Crippen LogP contribution in [0, 0.1) is 12.8 Å². The van der Waals surface area contributed by atoms with E-state index >= 15 is 0 Å². The Morgan fingerprint density at radius 1 is 1.08 bits per heavy atom. The van der Waals surface area contributed by atoms with Gasteiger partial charge in [0.25, 0.3) is 5.91 Å². The number of esters is 1. The van der Waals surface area contributed by atoms with Gasteiger partial charge in [0.05, 0.1) is 7.11 Å². The van der Waals surface area contributed by atoms with Crippen LogP contribution in [0.1, 0.15) is 86.2 Å². The summed E-state index contributed by atoms with van der Waals surface area (Å²) >= 11 is 0. The van der Waals surface area contributed by atoms with Gasteiger partial charge in [-0.2, -0.15) is 0 Å². The van der Waals surface area contributed by atoms with Crippen LogP contribution < -0.4 is 5.32 Å². The Labute approximate surface area is 235 Å². The van der Waals surface area contributed by atoms with E-state index in [1.54, 1.807) is 0 Å². The number of nitrogens with zero attached hydrogens (tertiary/aromatic N) is 1. The van der Waals surface area contributed by atoms with E-state index in [4.69, 9.17) is 4.74 Å². The van der Waals surface area contributed by atoms with Gasteiger partial charge in [-0.1, -0.05) is 82.2 Å². The molecule has 37 heavy (non-hydrogen) atoms. The Hall–Kier alpha value is -2.06. The molecular weight excluding hydrogens is 455 g/mol. The molecule has 0 bridgehead atoms. The number of aryl methyl sites for hydroxylation is 1. The van der Waals surface area contributed by atoms with Crippen molar-refractivity contribution in [3.05, 3.63) is 59.2 Å². The molecule has 1 saturated carbocycles. The van der Waals surface area contributed by atoms with E-state index in [-0.39, 0.29) is 24.8 Å².